The van der Waals surface area contributed by atoms with Crippen molar-refractivity contribution < 1.29 is 14.3 Å². The van der Waals surface area contributed by atoms with Crippen molar-refractivity contribution in [3.8, 4) is 5.75 Å². The molecule has 0 fully saturated rings. The summed E-state index contributed by atoms with van der Waals surface area (Å²) in [6.45, 7) is 6.40. The van der Waals surface area contributed by atoms with Crippen molar-refractivity contribution >= 4 is 22.4 Å². The summed E-state index contributed by atoms with van der Waals surface area (Å²) in [5, 5.41) is 11.5. The number of benzene rings is 2. The van der Waals surface area contributed by atoms with Crippen molar-refractivity contribution in [2.75, 3.05) is 7.05 Å². The van der Waals surface area contributed by atoms with Gasteiger partial charge in [-0.3, -0.25) is 9.78 Å². The average Bonchev–Trinajstić information content (AvgIpc) is 2.91. The van der Waals surface area contributed by atoms with E-state index in [1.54, 1.807) is 30.3 Å². The Labute approximate surface area is 156 Å². The standard InChI is InChI=1S/C22H19FN2O2/c1-12(2)18-16-9-14(8-13-4-6-15(23)7-5-13)10-24-20(16)21(26)19-17(18)11-25(3)22(19)27/h4-7,9-10,26H,1,8,11H2,2-3H3. The summed E-state index contributed by atoms with van der Waals surface area (Å²) in [5.74, 6) is -0.550. The van der Waals surface area contributed by atoms with Gasteiger partial charge in [-0.1, -0.05) is 24.3 Å². The van der Waals surface area contributed by atoms with E-state index in [9.17, 15) is 14.3 Å². The van der Waals surface area contributed by atoms with Gasteiger partial charge in [0, 0.05) is 25.2 Å². The molecule has 4 rings (SSSR count). The molecule has 1 amide bonds. The molecule has 1 aromatic heterocycles. The zero-order valence-electron chi connectivity index (χ0n) is 15.2. The number of phenolic OH excluding ortho intramolecular Hbond substituents is 1. The zero-order valence-corrected chi connectivity index (χ0v) is 15.2. The van der Waals surface area contributed by atoms with E-state index >= 15 is 0 Å². The van der Waals surface area contributed by atoms with Crippen LogP contribution in [0.4, 0.5) is 4.39 Å². The molecule has 5 heteroatoms. The molecule has 0 atom stereocenters. The molecular weight excluding hydrogens is 343 g/mol. The molecule has 2 heterocycles. The number of carbonyl (C=O) groups excluding carboxylic acids is 1. The van der Waals surface area contributed by atoms with E-state index in [4.69, 9.17) is 0 Å². The fraction of sp³-hybridized carbons (Fsp3) is 0.182. The fourth-order valence-electron chi connectivity index (χ4n) is 3.75. The molecule has 0 aliphatic carbocycles. The maximum Gasteiger partial charge on any atom is 0.258 e. The second-order valence-corrected chi connectivity index (χ2v) is 7.06. The average molecular weight is 362 g/mol. The minimum Gasteiger partial charge on any atom is -0.505 e. The van der Waals surface area contributed by atoms with Crippen LogP contribution in [0.15, 0.2) is 43.1 Å². The highest BCUT2D eigenvalue weighted by molar-refractivity contribution is 6.10. The third-order valence-electron chi connectivity index (χ3n) is 4.98. The van der Waals surface area contributed by atoms with E-state index in [1.165, 1.54) is 12.1 Å². The first-order valence-electron chi connectivity index (χ1n) is 8.69. The molecule has 3 aromatic rings. The van der Waals surface area contributed by atoms with Crippen molar-refractivity contribution in [2.24, 2.45) is 0 Å². The first-order chi connectivity index (χ1) is 12.9. The molecule has 0 saturated heterocycles. The van der Waals surface area contributed by atoms with Crippen LogP contribution >= 0.6 is 0 Å². The van der Waals surface area contributed by atoms with Gasteiger partial charge in [-0.15, -0.1) is 0 Å². The van der Waals surface area contributed by atoms with Crippen LogP contribution in [-0.2, 0) is 13.0 Å². The van der Waals surface area contributed by atoms with Gasteiger partial charge < -0.3 is 10.0 Å². The molecule has 0 bridgehead atoms. The number of fused-ring (bicyclic) bond motifs is 2. The molecule has 0 unspecified atom stereocenters. The number of allylic oxidation sites excluding steroid dienone is 1. The summed E-state index contributed by atoms with van der Waals surface area (Å²) >= 11 is 0. The number of aromatic hydroxyl groups is 1. The number of aromatic nitrogens is 1. The minimum atomic E-state index is -0.269. The van der Waals surface area contributed by atoms with Crippen molar-refractivity contribution in [3.05, 3.63) is 76.7 Å². The number of pyridine rings is 1. The molecular formula is C22H19FN2O2. The minimum absolute atomic E-state index is 0.0762. The summed E-state index contributed by atoms with van der Waals surface area (Å²) in [7, 11) is 1.71. The maximum atomic E-state index is 13.1. The topological polar surface area (TPSA) is 53.4 Å². The Hall–Kier alpha value is -3.21. The van der Waals surface area contributed by atoms with Gasteiger partial charge in [-0.25, -0.2) is 4.39 Å². The lowest BCUT2D eigenvalue weighted by Gasteiger charge is -2.14. The molecule has 27 heavy (non-hydrogen) atoms. The van der Waals surface area contributed by atoms with Gasteiger partial charge in [0.15, 0.2) is 5.75 Å². The van der Waals surface area contributed by atoms with Gasteiger partial charge in [0.2, 0.25) is 0 Å². The van der Waals surface area contributed by atoms with Gasteiger partial charge in [0.1, 0.15) is 11.3 Å². The Kier molecular flexibility index (Phi) is 3.95. The van der Waals surface area contributed by atoms with E-state index < -0.39 is 0 Å². The normalized spacial score (nSPS) is 13.3. The lowest BCUT2D eigenvalue weighted by Crippen LogP contribution is -2.17. The molecule has 136 valence electrons. The largest absolute Gasteiger partial charge is 0.505 e. The molecule has 1 aliphatic heterocycles. The predicted octanol–water partition coefficient (Wildman–Crippen LogP) is 4.29. The smallest absolute Gasteiger partial charge is 0.258 e. The van der Waals surface area contributed by atoms with E-state index in [2.05, 4.69) is 11.6 Å². The molecule has 2 aromatic carbocycles. The predicted molar refractivity (Wildman–Crippen MR) is 103 cm³/mol. The van der Waals surface area contributed by atoms with Crippen LogP contribution in [0.2, 0.25) is 0 Å². The van der Waals surface area contributed by atoms with Crippen molar-refractivity contribution in [1.29, 1.82) is 0 Å². The van der Waals surface area contributed by atoms with Crippen LogP contribution in [-0.4, -0.2) is 27.9 Å². The Balaban J connectivity index is 1.91. The molecule has 0 spiro atoms. The Morgan fingerprint density at radius 2 is 2.00 bits per heavy atom. The number of carbonyl (C=O) groups is 1. The summed E-state index contributed by atoms with van der Waals surface area (Å²) in [6, 6.07) is 8.32. The van der Waals surface area contributed by atoms with Crippen LogP contribution in [0, 0.1) is 5.82 Å². The lowest BCUT2D eigenvalue weighted by molar-refractivity contribution is 0.0814. The van der Waals surface area contributed by atoms with Crippen molar-refractivity contribution in [3.63, 3.8) is 0 Å². The second-order valence-electron chi connectivity index (χ2n) is 7.06. The van der Waals surface area contributed by atoms with Crippen LogP contribution in [0.1, 0.15) is 39.5 Å². The van der Waals surface area contributed by atoms with Crippen LogP contribution in [0.5, 0.6) is 5.75 Å². The monoisotopic (exact) mass is 362 g/mol. The van der Waals surface area contributed by atoms with Crippen LogP contribution in [0.25, 0.3) is 16.5 Å². The Morgan fingerprint density at radius 1 is 1.30 bits per heavy atom. The van der Waals surface area contributed by atoms with E-state index in [-0.39, 0.29) is 17.5 Å². The Bertz CT molecular complexity index is 1100. The third kappa shape index (κ3) is 2.76. The summed E-state index contributed by atoms with van der Waals surface area (Å²) in [4.78, 5) is 18.5. The third-order valence-corrected chi connectivity index (χ3v) is 4.98. The number of phenols is 1. The van der Waals surface area contributed by atoms with Gasteiger partial charge in [0.05, 0.1) is 5.56 Å². The highest BCUT2D eigenvalue weighted by Crippen LogP contribution is 2.41. The number of halogens is 1. The van der Waals surface area contributed by atoms with Gasteiger partial charge >= 0.3 is 0 Å². The molecule has 1 aliphatic rings. The number of hydrogen-bond acceptors (Lipinski definition) is 3. The fourth-order valence-corrected chi connectivity index (χ4v) is 3.75. The first-order valence-corrected chi connectivity index (χ1v) is 8.69. The van der Waals surface area contributed by atoms with Gasteiger partial charge in [-0.05, 0) is 53.8 Å². The van der Waals surface area contributed by atoms with Crippen LogP contribution < -0.4 is 0 Å². The van der Waals surface area contributed by atoms with E-state index in [0.717, 1.165) is 33.2 Å². The summed E-state index contributed by atoms with van der Waals surface area (Å²) in [6.07, 6.45) is 2.28. The van der Waals surface area contributed by atoms with E-state index in [0.29, 0.717) is 24.0 Å². The zero-order chi connectivity index (χ0) is 19.3. The molecule has 0 saturated carbocycles. The number of nitrogens with zero attached hydrogens (tertiary/aromatic N) is 2. The highest BCUT2D eigenvalue weighted by atomic mass is 19.1. The number of hydrogen-bond donors (Lipinski definition) is 1. The first kappa shape index (κ1) is 17.2. The number of rotatable bonds is 3. The maximum absolute atomic E-state index is 13.1. The van der Waals surface area contributed by atoms with Crippen molar-refractivity contribution in [2.45, 2.75) is 19.9 Å². The highest BCUT2D eigenvalue weighted by Gasteiger charge is 2.33. The SMILES string of the molecule is C=C(C)c1c2c(c(O)c3ncc(Cc4ccc(F)cc4)cc13)C(=O)N(C)C2. The quantitative estimate of drug-likeness (QED) is 0.756. The molecule has 1 N–H and O–H groups in total. The molecule has 4 nitrogen and oxygen atoms in total. The van der Waals surface area contributed by atoms with Gasteiger partial charge in [-0.2, -0.15) is 0 Å². The lowest BCUT2D eigenvalue weighted by atomic mass is 9.91. The van der Waals surface area contributed by atoms with Gasteiger partial charge in [0.25, 0.3) is 5.91 Å². The number of amides is 1. The Morgan fingerprint density at radius 3 is 2.67 bits per heavy atom. The summed E-state index contributed by atoms with van der Waals surface area (Å²) in [5.41, 5.74) is 5.10. The second kappa shape index (κ2) is 6.20. The summed E-state index contributed by atoms with van der Waals surface area (Å²) < 4.78 is 13.1. The van der Waals surface area contributed by atoms with Crippen LogP contribution in [0.3, 0.4) is 0 Å². The van der Waals surface area contributed by atoms with E-state index in [1.807, 2.05) is 13.0 Å². The molecule has 0 radical (unpaired) electrons. The van der Waals surface area contributed by atoms with Crippen molar-refractivity contribution in [1.82, 2.24) is 9.88 Å².